The fourth-order valence-electron chi connectivity index (χ4n) is 2.60. The van der Waals surface area contributed by atoms with Crippen LogP contribution in [0.3, 0.4) is 0 Å². The number of carbonyl (C=O) groups is 2. The zero-order chi connectivity index (χ0) is 15.9. The summed E-state index contributed by atoms with van der Waals surface area (Å²) in [5.74, 6) is 0.697. The molecule has 1 aromatic carbocycles. The number of likely N-dealkylation sites (tertiary alicyclic amines) is 1. The molecule has 5 heteroatoms. The highest BCUT2D eigenvalue weighted by molar-refractivity contribution is 5.97. The standard InChI is InChI=1S/C17H24N2O3/c1-3-22-15-10-8-14(9-11-15)18-17(21)13(2)19-12-6-4-5-7-16(19)20/h8-11,13H,3-7,12H2,1-2H3,(H,18,21). The van der Waals surface area contributed by atoms with Crippen molar-refractivity contribution in [3.63, 3.8) is 0 Å². The van der Waals surface area contributed by atoms with Crippen molar-refractivity contribution in [2.45, 2.75) is 45.6 Å². The second kappa shape index (κ2) is 7.82. The first-order valence-corrected chi connectivity index (χ1v) is 7.95. The number of hydrogen-bond donors (Lipinski definition) is 1. The van der Waals surface area contributed by atoms with Gasteiger partial charge in [0.15, 0.2) is 0 Å². The quantitative estimate of drug-likeness (QED) is 0.910. The summed E-state index contributed by atoms with van der Waals surface area (Å²) in [6, 6.07) is 6.80. The average Bonchev–Trinajstić information content (AvgIpc) is 2.73. The molecule has 1 unspecified atom stereocenters. The Balaban J connectivity index is 1.96. The van der Waals surface area contributed by atoms with Gasteiger partial charge >= 0.3 is 0 Å². The van der Waals surface area contributed by atoms with Gasteiger partial charge in [0.2, 0.25) is 11.8 Å². The Bertz CT molecular complexity index is 513. The summed E-state index contributed by atoms with van der Waals surface area (Å²) in [5.41, 5.74) is 0.711. The Hall–Kier alpha value is -2.04. The van der Waals surface area contributed by atoms with E-state index in [1.807, 2.05) is 19.1 Å². The topological polar surface area (TPSA) is 58.6 Å². The van der Waals surface area contributed by atoms with Crippen molar-refractivity contribution in [3.05, 3.63) is 24.3 Å². The molecule has 1 heterocycles. The molecule has 120 valence electrons. The second-order valence-electron chi connectivity index (χ2n) is 5.52. The van der Waals surface area contributed by atoms with Crippen LogP contribution in [0.5, 0.6) is 5.75 Å². The Morgan fingerprint density at radius 2 is 2.00 bits per heavy atom. The first-order chi connectivity index (χ1) is 10.6. The number of ether oxygens (including phenoxy) is 1. The number of anilines is 1. The number of benzene rings is 1. The summed E-state index contributed by atoms with van der Waals surface area (Å²) >= 11 is 0. The van der Waals surface area contributed by atoms with Crippen LogP contribution in [0.1, 0.15) is 39.5 Å². The van der Waals surface area contributed by atoms with Crippen molar-refractivity contribution < 1.29 is 14.3 Å². The molecule has 1 aliphatic rings. The smallest absolute Gasteiger partial charge is 0.246 e. The van der Waals surface area contributed by atoms with E-state index in [2.05, 4.69) is 5.32 Å². The van der Waals surface area contributed by atoms with E-state index in [4.69, 9.17) is 4.74 Å². The first kappa shape index (κ1) is 16.3. The summed E-state index contributed by atoms with van der Waals surface area (Å²) in [7, 11) is 0. The lowest BCUT2D eigenvalue weighted by atomic mass is 10.2. The monoisotopic (exact) mass is 304 g/mol. The van der Waals surface area contributed by atoms with Gasteiger partial charge in [-0.2, -0.15) is 0 Å². The summed E-state index contributed by atoms with van der Waals surface area (Å²) < 4.78 is 5.37. The lowest BCUT2D eigenvalue weighted by Gasteiger charge is -2.27. The Morgan fingerprint density at radius 3 is 2.68 bits per heavy atom. The van der Waals surface area contributed by atoms with E-state index in [1.54, 1.807) is 24.0 Å². The third kappa shape index (κ3) is 4.23. The van der Waals surface area contributed by atoms with Gasteiger partial charge in [0.05, 0.1) is 6.61 Å². The first-order valence-electron chi connectivity index (χ1n) is 7.95. The highest BCUT2D eigenvalue weighted by Gasteiger charge is 2.26. The Labute approximate surface area is 131 Å². The Morgan fingerprint density at radius 1 is 1.27 bits per heavy atom. The normalized spacial score (nSPS) is 16.8. The molecule has 0 spiro atoms. The summed E-state index contributed by atoms with van der Waals surface area (Å²) in [4.78, 5) is 26.1. The van der Waals surface area contributed by atoms with Crippen molar-refractivity contribution in [1.82, 2.24) is 4.90 Å². The van der Waals surface area contributed by atoms with Gasteiger partial charge in [-0.15, -0.1) is 0 Å². The van der Waals surface area contributed by atoms with Gasteiger partial charge in [-0.1, -0.05) is 6.42 Å². The molecule has 1 aromatic rings. The van der Waals surface area contributed by atoms with E-state index >= 15 is 0 Å². The molecule has 1 saturated heterocycles. The van der Waals surface area contributed by atoms with Gasteiger partial charge in [-0.25, -0.2) is 0 Å². The molecule has 0 aliphatic carbocycles. The fourth-order valence-corrected chi connectivity index (χ4v) is 2.60. The van der Waals surface area contributed by atoms with Crippen molar-refractivity contribution >= 4 is 17.5 Å². The molecule has 1 atom stereocenters. The van der Waals surface area contributed by atoms with Gasteiger partial charge in [0.1, 0.15) is 11.8 Å². The van der Waals surface area contributed by atoms with Crippen molar-refractivity contribution in [2.75, 3.05) is 18.5 Å². The molecule has 5 nitrogen and oxygen atoms in total. The fraction of sp³-hybridized carbons (Fsp3) is 0.529. The van der Waals surface area contributed by atoms with Gasteiger partial charge in [0.25, 0.3) is 0 Å². The molecule has 0 saturated carbocycles. The van der Waals surface area contributed by atoms with Crippen LogP contribution in [-0.4, -0.2) is 35.9 Å². The molecule has 1 aliphatic heterocycles. The van der Waals surface area contributed by atoms with E-state index in [0.717, 1.165) is 25.0 Å². The highest BCUT2D eigenvalue weighted by Crippen LogP contribution is 2.18. The predicted molar refractivity (Wildman–Crippen MR) is 85.9 cm³/mol. The second-order valence-corrected chi connectivity index (χ2v) is 5.52. The van der Waals surface area contributed by atoms with Crippen LogP contribution in [0.2, 0.25) is 0 Å². The lowest BCUT2D eigenvalue weighted by molar-refractivity contribution is -0.137. The summed E-state index contributed by atoms with van der Waals surface area (Å²) in [6.45, 7) is 4.99. The van der Waals surface area contributed by atoms with Crippen LogP contribution >= 0.6 is 0 Å². The lowest BCUT2D eigenvalue weighted by Crippen LogP contribution is -2.45. The molecular formula is C17H24N2O3. The van der Waals surface area contributed by atoms with Crippen LogP contribution in [0.15, 0.2) is 24.3 Å². The third-order valence-electron chi connectivity index (χ3n) is 3.89. The largest absolute Gasteiger partial charge is 0.494 e. The van der Waals surface area contributed by atoms with Gasteiger partial charge in [0, 0.05) is 18.7 Å². The number of hydrogen-bond acceptors (Lipinski definition) is 3. The summed E-state index contributed by atoms with van der Waals surface area (Å²) in [6.07, 6.45) is 3.48. The maximum absolute atomic E-state index is 12.3. The molecule has 0 aromatic heterocycles. The molecule has 1 N–H and O–H groups in total. The zero-order valence-corrected chi connectivity index (χ0v) is 13.3. The number of amides is 2. The van der Waals surface area contributed by atoms with Crippen LogP contribution in [0, 0.1) is 0 Å². The number of rotatable bonds is 5. The minimum absolute atomic E-state index is 0.0758. The van der Waals surface area contributed by atoms with Gasteiger partial charge < -0.3 is 15.0 Å². The SMILES string of the molecule is CCOc1ccc(NC(=O)C(C)N2CCCCCC2=O)cc1. The molecule has 1 fully saturated rings. The molecule has 2 amide bonds. The van der Waals surface area contributed by atoms with Crippen LogP contribution in [0.25, 0.3) is 0 Å². The van der Waals surface area contributed by atoms with Crippen molar-refractivity contribution in [3.8, 4) is 5.75 Å². The highest BCUT2D eigenvalue weighted by atomic mass is 16.5. The average molecular weight is 304 g/mol. The minimum atomic E-state index is -0.447. The maximum Gasteiger partial charge on any atom is 0.246 e. The molecule has 2 rings (SSSR count). The Kier molecular flexibility index (Phi) is 5.81. The molecular weight excluding hydrogens is 280 g/mol. The van der Waals surface area contributed by atoms with Crippen LogP contribution in [0.4, 0.5) is 5.69 Å². The van der Waals surface area contributed by atoms with Crippen LogP contribution in [-0.2, 0) is 9.59 Å². The number of carbonyl (C=O) groups excluding carboxylic acids is 2. The van der Waals surface area contributed by atoms with E-state index in [1.165, 1.54) is 0 Å². The molecule has 22 heavy (non-hydrogen) atoms. The maximum atomic E-state index is 12.3. The predicted octanol–water partition coefficient (Wildman–Crippen LogP) is 2.81. The third-order valence-corrected chi connectivity index (χ3v) is 3.89. The van der Waals surface area contributed by atoms with E-state index in [0.29, 0.717) is 25.3 Å². The molecule has 0 radical (unpaired) electrons. The van der Waals surface area contributed by atoms with Crippen LogP contribution < -0.4 is 10.1 Å². The van der Waals surface area contributed by atoms with E-state index < -0.39 is 6.04 Å². The van der Waals surface area contributed by atoms with E-state index in [9.17, 15) is 9.59 Å². The number of nitrogens with zero attached hydrogens (tertiary/aromatic N) is 1. The number of nitrogens with one attached hydrogen (secondary N) is 1. The van der Waals surface area contributed by atoms with Gasteiger partial charge in [-0.3, -0.25) is 9.59 Å². The zero-order valence-electron chi connectivity index (χ0n) is 13.3. The van der Waals surface area contributed by atoms with E-state index in [-0.39, 0.29) is 11.8 Å². The van der Waals surface area contributed by atoms with Gasteiger partial charge in [-0.05, 0) is 51.0 Å². The minimum Gasteiger partial charge on any atom is -0.494 e. The summed E-state index contributed by atoms with van der Waals surface area (Å²) in [5, 5.41) is 2.86. The van der Waals surface area contributed by atoms with Crippen molar-refractivity contribution in [2.24, 2.45) is 0 Å². The van der Waals surface area contributed by atoms with Crippen molar-refractivity contribution in [1.29, 1.82) is 0 Å². The molecule has 0 bridgehead atoms.